The number of nitriles is 1. The molecule has 1 aromatic carbocycles. The molecule has 1 aliphatic heterocycles. The molecule has 0 saturated carbocycles. The number of para-hydroxylation sites is 2. The van der Waals surface area contributed by atoms with E-state index in [0.717, 1.165) is 31.4 Å². The van der Waals surface area contributed by atoms with E-state index in [4.69, 9.17) is 9.72 Å². The first-order chi connectivity index (χ1) is 12.7. The van der Waals surface area contributed by atoms with Crippen molar-refractivity contribution in [3.8, 4) is 6.07 Å². The second-order valence-corrected chi connectivity index (χ2v) is 6.31. The lowest BCUT2D eigenvalue weighted by Crippen LogP contribution is -2.32. The van der Waals surface area contributed by atoms with E-state index in [1.165, 1.54) is 0 Å². The first kappa shape index (κ1) is 18.1. The molecule has 1 atom stereocenters. The van der Waals surface area contributed by atoms with E-state index in [2.05, 4.69) is 21.3 Å². The lowest BCUT2D eigenvalue weighted by molar-refractivity contribution is -0.121. The van der Waals surface area contributed by atoms with Crippen LogP contribution in [0.2, 0.25) is 0 Å². The number of carbonyl (C=O) groups is 1. The fraction of sp³-hybridized carbons (Fsp3) is 0.474. The highest BCUT2D eigenvalue weighted by molar-refractivity contribution is 5.88. The molecule has 0 spiro atoms. The van der Waals surface area contributed by atoms with Crippen LogP contribution >= 0.6 is 0 Å². The fourth-order valence-corrected chi connectivity index (χ4v) is 3.13. The highest BCUT2D eigenvalue weighted by Crippen LogP contribution is 2.29. The largest absolute Gasteiger partial charge is 0.385 e. The van der Waals surface area contributed by atoms with Gasteiger partial charge in [0.2, 0.25) is 5.91 Å². The number of carbonyl (C=O) groups excluding carboxylic acids is 1. The van der Waals surface area contributed by atoms with Gasteiger partial charge in [0.05, 0.1) is 17.1 Å². The summed E-state index contributed by atoms with van der Waals surface area (Å²) in [6.45, 7) is 2.76. The number of ether oxygens (including phenoxy) is 1. The van der Waals surface area contributed by atoms with Gasteiger partial charge in [-0.25, -0.2) is 9.97 Å². The van der Waals surface area contributed by atoms with Crippen molar-refractivity contribution >= 4 is 22.8 Å². The molecule has 1 saturated heterocycles. The zero-order valence-electron chi connectivity index (χ0n) is 14.9. The molecule has 2 aromatic rings. The molecule has 1 aliphatic rings. The van der Waals surface area contributed by atoms with Crippen LogP contribution in [-0.4, -0.2) is 49.2 Å². The summed E-state index contributed by atoms with van der Waals surface area (Å²) in [6.07, 6.45) is 2.85. The number of amides is 1. The Hall–Kier alpha value is -2.72. The van der Waals surface area contributed by atoms with E-state index in [1.54, 1.807) is 7.11 Å². The number of hydrogen-bond acceptors (Lipinski definition) is 6. The third-order valence-corrected chi connectivity index (χ3v) is 4.47. The van der Waals surface area contributed by atoms with Crippen LogP contribution in [0.3, 0.4) is 0 Å². The zero-order chi connectivity index (χ0) is 18.4. The summed E-state index contributed by atoms with van der Waals surface area (Å²) in [5, 5.41) is 12.5. The molecule has 2 heterocycles. The lowest BCUT2D eigenvalue weighted by atomic mass is 10.0. The zero-order valence-corrected chi connectivity index (χ0v) is 14.9. The molecule has 26 heavy (non-hydrogen) atoms. The molecular weight excluding hydrogens is 330 g/mol. The second kappa shape index (κ2) is 8.59. The first-order valence-electron chi connectivity index (χ1n) is 8.92. The average Bonchev–Trinajstić information content (AvgIpc) is 3.20. The van der Waals surface area contributed by atoms with Crippen molar-refractivity contribution in [3.05, 3.63) is 30.0 Å². The third kappa shape index (κ3) is 3.92. The molecule has 7 nitrogen and oxygen atoms in total. The summed E-state index contributed by atoms with van der Waals surface area (Å²) in [5.41, 5.74) is 1.91. The van der Waals surface area contributed by atoms with Gasteiger partial charge in [-0.1, -0.05) is 12.1 Å². The number of anilines is 1. The molecule has 1 aromatic heterocycles. The predicted octanol–water partition coefficient (Wildman–Crippen LogP) is 1.99. The van der Waals surface area contributed by atoms with Crippen molar-refractivity contribution in [3.63, 3.8) is 0 Å². The monoisotopic (exact) mass is 353 g/mol. The molecule has 1 amide bonds. The Morgan fingerprint density at radius 3 is 2.65 bits per heavy atom. The van der Waals surface area contributed by atoms with E-state index in [9.17, 15) is 10.1 Å². The highest BCUT2D eigenvalue weighted by Gasteiger charge is 2.29. The van der Waals surface area contributed by atoms with Crippen LogP contribution in [0.25, 0.3) is 11.0 Å². The van der Waals surface area contributed by atoms with Gasteiger partial charge in [-0.3, -0.25) is 4.79 Å². The van der Waals surface area contributed by atoms with Gasteiger partial charge in [-0.05, 0) is 31.4 Å². The van der Waals surface area contributed by atoms with Crippen molar-refractivity contribution < 1.29 is 9.53 Å². The molecule has 1 fully saturated rings. The molecule has 0 bridgehead atoms. The molecule has 0 radical (unpaired) electrons. The van der Waals surface area contributed by atoms with Gasteiger partial charge in [-0.15, -0.1) is 0 Å². The van der Waals surface area contributed by atoms with E-state index < -0.39 is 5.92 Å². The van der Waals surface area contributed by atoms with Gasteiger partial charge in [0.25, 0.3) is 0 Å². The fourth-order valence-electron chi connectivity index (χ4n) is 3.13. The van der Waals surface area contributed by atoms with E-state index >= 15 is 0 Å². The Morgan fingerprint density at radius 2 is 2.00 bits per heavy atom. The molecule has 0 aliphatic carbocycles. The summed E-state index contributed by atoms with van der Waals surface area (Å²) in [6, 6.07) is 9.66. The lowest BCUT2D eigenvalue weighted by Gasteiger charge is -2.21. The SMILES string of the molecule is COCCCNC(=O)[C@H](C#N)c1nc2ccccc2nc1N1CCCC1. The second-order valence-electron chi connectivity index (χ2n) is 6.31. The number of hydrogen-bond donors (Lipinski definition) is 1. The maximum Gasteiger partial charge on any atom is 0.243 e. The standard InChI is InChI=1S/C19H23N5O2/c1-26-12-6-9-21-19(25)14(13-20)17-18(24-10-4-5-11-24)23-16-8-3-2-7-15(16)22-17/h2-3,7-8,14H,4-6,9-12H2,1H3,(H,21,25)/t14-/m1/s1. The van der Waals surface area contributed by atoms with Gasteiger partial charge >= 0.3 is 0 Å². The summed E-state index contributed by atoms with van der Waals surface area (Å²) < 4.78 is 4.98. The number of methoxy groups -OCH3 is 1. The first-order valence-corrected chi connectivity index (χ1v) is 8.92. The van der Waals surface area contributed by atoms with Crippen molar-refractivity contribution in [1.82, 2.24) is 15.3 Å². The Balaban J connectivity index is 1.93. The molecular formula is C19H23N5O2. The van der Waals surface area contributed by atoms with Gasteiger partial charge in [0, 0.05) is 33.4 Å². The van der Waals surface area contributed by atoms with Gasteiger partial charge < -0.3 is 15.0 Å². The third-order valence-electron chi connectivity index (χ3n) is 4.47. The van der Waals surface area contributed by atoms with Crippen LogP contribution in [0.4, 0.5) is 5.82 Å². The van der Waals surface area contributed by atoms with Crippen LogP contribution in [0.15, 0.2) is 24.3 Å². The van der Waals surface area contributed by atoms with E-state index in [0.29, 0.717) is 36.6 Å². The quantitative estimate of drug-likeness (QED) is 0.766. The minimum absolute atomic E-state index is 0.339. The summed E-state index contributed by atoms with van der Waals surface area (Å²) >= 11 is 0. The van der Waals surface area contributed by atoms with Crippen LogP contribution in [0.1, 0.15) is 30.9 Å². The molecule has 0 unspecified atom stereocenters. The summed E-state index contributed by atoms with van der Waals surface area (Å²) in [7, 11) is 1.62. The van der Waals surface area contributed by atoms with Crippen molar-refractivity contribution in [2.45, 2.75) is 25.2 Å². The normalized spacial score (nSPS) is 15.0. The Bertz CT molecular complexity index is 811. The molecule has 136 valence electrons. The topological polar surface area (TPSA) is 91.1 Å². The van der Waals surface area contributed by atoms with Gasteiger partial charge in [0.15, 0.2) is 11.7 Å². The Kier molecular flexibility index (Phi) is 5.97. The van der Waals surface area contributed by atoms with E-state index in [1.807, 2.05) is 24.3 Å². The number of aromatic nitrogens is 2. The number of nitrogens with zero attached hydrogens (tertiary/aromatic N) is 4. The number of benzene rings is 1. The number of nitrogens with one attached hydrogen (secondary N) is 1. The number of fused-ring (bicyclic) bond motifs is 1. The smallest absolute Gasteiger partial charge is 0.243 e. The van der Waals surface area contributed by atoms with Crippen LogP contribution in [-0.2, 0) is 9.53 Å². The van der Waals surface area contributed by atoms with E-state index in [-0.39, 0.29) is 5.91 Å². The molecule has 3 rings (SSSR count). The predicted molar refractivity (Wildman–Crippen MR) is 98.8 cm³/mol. The van der Waals surface area contributed by atoms with Crippen LogP contribution in [0.5, 0.6) is 0 Å². The van der Waals surface area contributed by atoms with Crippen LogP contribution < -0.4 is 10.2 Å². The van der Waals surface area contributed by atoms with Crippen molar-refractivity contribution in [2.24, 2.45) is 0 Å². The minimum Gasteiger partial charge on any atom is -0.385 e. The Morgan fingerprint density at radius 1 is 1.31 bits per heavy atom. The maximum absolute atomic E-state index is 12.6. The molecule has 7 heteroatoms. The molecule has 1 N–H and O–H groups in total. The average molecular weight is 353 g/mol. The maximum atomic E-state index is 12.6. The van der Waals surface area contributed by atoms with Crippen molar-refractivity contribution in [1.29, 1.82) is 5.26 Å². The van der Waals surface area contributed by atoms with Gasteiger partial charge in [0.1, 0.15) is 5.69 Å². The van der Waals surface area contributed by atoms with Crippen LogP contribution in [0, 0.1) is 11.3 Å². The highest BCUT2D eigenvalue weighted by atomic mass is 16.5. The Labute approximate surface area is 153 Å². The summed E-state index contributed by atoms with van der Waals surface area (Å²) in [4.78, 5) is 24.1. The van der Waals surface area contributed by atoms with Crippen molar-refractivity contribution in [2.75, 3.05) is 38.3 Å². The summed E-state index contributed by atoms with van der Waals surface area (Å²) in [5.74, 6) is -0.668. The van der Waals surface area contributed by atoms with Gasteiger partial charge in [-0.2, -0.15) is 5.26 Å². The minimum atomic E-state index is -0.981. The number of rotatable bonds is 7.